The van der Waals surface area contributed by atoms with Crippen molar-refractivity contribution in [3.8, 4) is 11.3 Å². The van der Waals surface area contributed by atoms with E-state index in [0.29, 0.717) is 12.2 Å². The van der Waals surface area contributed by atoms with Crippen LogP contribution in [0.5, 0.6) is 0 Å². The van der Waals surface area contributed by atoms with Crippen molar-refractivity contribution in [3.05, 3.63) is 46.9 Å². The molecule has 0 amide bonds. The van der Waals surface area contributed by atoms with Crippen molar-refractivity contribution in [2.24, 2.45) is 0 Å². The highest BCUT2D eigenvalue weighted by atomic mass is 16.3. The average molecular weight is 242 g/mol. The molecule has 0 fully saturated rings. The van der Waals surface area contributed by atoms with E-state index in [2.05, 4.69) is 42.9 Å². The average Bonchev–Trinajstić information content (AvgIpc) is 2.37. The third-order valence-electron chi connectivity index (χ3n) is 3.37. The van der Waals surface area contributed by atoms with Crippen molar-refractivity contribution in [3.63, 3.8) is 0 Å². The normalized spacial score (nSPS) is 10.7. The Labute approximate surface area is 108 Å². The van der Waals surface area contributed by atoms with E-state index in [9.17, 15) is 0 Å². The van der Waals surface area contributed by atoms with Gasteiger partial charge in [0.2, 0.25) is 0 Å². The van der Waals surface area contributed by atoms with Gasteiger partial charge in [-0.2, -0.15) is 0 Å². The summed E-state index contributed by atoms with van der Waals surface area (Å²) >= 11 is 0. The van der Waals surface area contributed by atoms with E-state index in [1.807, 2.05) is 6.07 Å². The van der Waals surface area contributed by atoms with Gasteiger partial charge in [0.15, 0.2) is 0 Å². The molecule has 0 saturated heterocycles. The zero-order chi connectivity index (χ0) is 13.1. The fraction of sp³-hybridized carbons (Fsp3) is 0.333. The minimum Gasteiger partial charge on any atom is -0.396 e. The molecule has 0 atom stereocenters. The van der Waals surface area contributed by atoms with Gasteiger partial charge in [-0.25, -0.2) is 9.97 Å². The van der Waals surface area contributed by atoms with Crippen molar-refractivity contribution >= 4 is 0 Å². The van der Waals surface area contributed by atoms with Crippen LogP contribution < -0.4 is 0 Å². The molecule has 94 valence electrons. The number of rotatable bonds is 3. The molecule has 0 aliphatic rings. The van der Waals surface area contributed by atoms with Crippen LogP contribution in [0.25, 0.3) is 11.3 Å². The number of hydrogen-bond donors (Lipinski definition) is 1. The summed E-state index contributed by atoms with van der Waals surface area (Å²) in [5, 5.41) is 8.94. The maximum Gasteiger partial charge on any atom is 0.131 e. The lowest BCUT2D eigenvalue weighted by molar-refractivity contribution is 0.296. The van der Waals surface area contributed by atoms with Crippen LogP contribution in [-0.4, -0.2) is 21.7 Å². The first-order chi connectivity index (χ1) is 8.63. The topological polar surface area (TPSA) is 46.0 Å². The highest BCUT2D eigenvalue weighted by Gasteiger charge is 2.08. The Bertz CT molecular complexity index is 564. The SMILES string of the molecule is Cc1ccc(-c2ccnc(CCO)n2)c(C)c1C. The summed E-state index contributed by atoms with van der Waals surface area (Å²) in [7, 11) is 0. The number of aliphatic hydroxyl groups excluding tert-OH is 1. The van der Waals surface area contributed by atoms with Gasteiger partial charge in [0.05, 0.1) is 12.3 Å². The quantitative estimate of drug-likeness (QED) is 0.900. The van der Waals surface area contributed by atoms with Gasteiger partial charge < -0.3 is 5.11 Å². The van der Waals surface area contributed by atoms with E-state index < -0.39 is 0 Å². The first kappa shape index (κ1) is 12.7. The highest BCUT2D eigenvalue weighted by Crippen LogP contribution is 2.25. The van der Waals surface area contributed by atoms with Crippen molar-refractivity contribution in [2.45, 2.75) is 27.2 Å². The lowest BCUT2D eigenvalue weighted by Gasteiger charge is -2.11. The van der Waals surface area contributed by atoms with Gasteiger partial charge in [-0.05, 0) is 43.5 Å². The number of aryl methyl sites for hydroxylation is 1. The highest BCUT2D eigenvalue weighted by molar-refractivity contribution is 5.65. The van der Waals surface area contributed by atoms with Gasteiger partial charge in [0.1, 0.15) is 5.82 Å². The van der Waals surface area contributed by atoms with Crippen LogP contribution >= 0.6 is 0 Å². The van der Waals surface area contributed by atoms with E-state index in [1.54, 1.807) is 6.20 Å². The molecule has 0 bridgehead atoms. The molecule has 1 N–H and O–H groups in total. The molecule has 1 aromatic carbocycles. The van der Waals surface area contributed by atoms with Crippen molar-refractivity contribution in [1.29, 1.82) is 0 Å². The van der Waals surface area contributed by atoms with Crippen molar-refractivity contribution < 1.29 is 5.11 Å². The lowest BCUT2D eigenvalue weighted by Crippen LogP contribution is -2.00. The number of hydrogen-bond acceptors (Lipinski definition) is 3. The number of nitrogens with zero attached hydrogens (tertiary/aromatic N) is 2. The Morgan fingerprint density at radius 1 is 1.06 bits per heavy atom. The second kappa shape index (κ2) is 5.27. The summed E-state index contributed by atoms with van der Waals surface area (Å²) in [4.78, 5) is 8.65. The lowest BCUT2D eigenvalue weighted by atomic mass is 9.97. The Balaban J connectivity index is 2.48. The molecule has 0 aliphatic heterocycles. The molecule has 0 radical (unpaired) electrons. The maximum absolute atomic E-state index is 8.94. The Hall–Kier alpha value is -1.74. The van der Waals surface area contributed by atoms with Gasteiger partial charge >= 0.3 is 0 Å². The molecule has 0 saturated carbocycles. The smallest absolute Gasteiger partial charge is 0.131 e. The first-order valence-corrected chi connectivity index (χ1v) is 6.13. The summed E-state index contributed by atoms with van der Waals surface area (Å²) in [5.74, 6) is 0.688. The van der Waals surface area contributed by atoms with Crippen molar-refractivity contribution in [2.75, 3.05) is 6.61 Å². The zero-order valence-corrected chi connectivity index (χ0v) is 11.1. The van der Waals surface area contributed by atoms with E-state index in [0.717, 1.165) is 11.3 Å². The fourth-order valence-corrected chi connectivity index (χ4v) is 2.00. The van der Waals surface area contributed by atoms with Gasteiger partial charge in [0, 0.05) is 18.2 Å². The minimum absolute atomic E-state index is 0.0787. The maximum atomic E-state index is 8.94. The standard InChI is InChI=1S/C15H18N2O/c1-10-4-5-13(12(3)11(10)2)14-6-8-16-15(17-14)7-9-18/h4-6,8,18H,7,9H2,1-3H3. The third kappa shape index (κ3) is 2.41. The van der Waals surface area contributed by atoms with Gasteiger partial charge in [0.25, 0.3) is 0 Å². The summed E-state index contributed by atoms with van der Waals surface area (Å²) in [5.41, 5.74) is 5.91. The van der Waals surface area contributed by atoms with Crippen LogP contribution in [0, 0.1) is 20.8 Å². The van der Waals surface area contributed by atoms with Gasteiger partial charge in [-0.1, -0.05) is 12.1 Å². The molecule has 2 aromatic rings. The van der Waals surface area contributed by atoms with Crippen LogP contribution in [0.1, 0.15) is 22.5 Å². The number of aliphatic hydroxyl groups is 1. The Morgan fingerprint density at radius 3 is 2.56 bits per heavy atom. The second-order valence-electron chi connectivity index (χ2n) is 4.51. The summed E-state index contributed by atoms with van der Waals surface area (Å²) in [6, 6.07) is 6.13. The summed E-state index contributed by atoms with van der Waals surface area (Å²) in [6.45, 7) is 6.44. The zero-order valence-electron chi connectivity index (χ0n) is 11.1. The number of benzene rings is 1. The van der Waals surface area contributed by atoms with Gasteiger partial charge in [-0.3, -0.25) is 0 Å². The van der Waals surface area contributed by atoms with Crippen LogP contribution in [-0.2, 0) is 6.42 Å². The van der Waals surface area contributed by atoms with Crippen molar-refractivity contribution in [1.82, 2.24) is 9.97 Å². The predicted octanol–water partition coefficient (Wildman–Crippen LogP) is 2.60. The van der Waals surface area contributed by atoms with E-state index in [4.69, 9.17) is 5.11 Å². The molecule has 18 heavy (non-hydrogen) atoms. The first-order valence-electron chi connectivity index (χ1n) is 6.13. The minimum atomic E-state index is 0.0787. The van der Waals surface area contributed by atoms with E-state index in [1.165, 1.54) is 16.7 Å². The molecule has 2 rings (SSSR count). The van der Waals surface area contributed by atoms with Crippen LogP contribution in [0.15, 0.2) is 24.4 Å². The Kier molecular flexibility index (Phi) is 3.72. The molecule has 0 unspecified atom stereocenters. The second-order valence-corrected chi connectivity index (χ2v) is 4.51. The fourth-order valence-electron chi connectivity index (χ4n) is 2.00. The van der Waals surface area contributed by atoms with Crippen LogP contribution in [0.3, 0.4) is 0 Å². The van der Waals surface area contributed by atoms with E-state index in [-0.39, 0.29) is 6.61 Å². The van der Waals surface area contributed by atoms with E-state index >= 15 is 0 Å². The predicted molar refractivity (Wildman–Crippen MR) is 72.5 cm³/mol. The van der Waals surface area contributed by atoms with Gasteiger partial charge in [-0.15, -0.1) is 0 Å². The van der Waals surface area contributed by atoms with Crippen LogP contribution in [0.4, 0.5) is 0 Å². The number of aromatic nitrogens is 2. The largest absolute Gasteiger partial charge is 0.396 e. The summed E-state index contributed by atoms with van der Waals surface area (Å²) < 4.78 is 0. The molecule has 1 heterocycles. The molecule has 3 heteroatoms. The molecule has 0 aliphatic carbocycles. The summed E-state index contributed by atoms with van der Waals surface area (Å²) in [6.07, 6.45) is 2.25. The monoisotopic (exact) mass is 242 g/mol. The Morgan fingerprint density at radius 2 is 1.83 bits per heavy atom. The third-order valence-corrected chi connectivity index (χ3v) is 3.37. The molecular weight excluding hydrogens is 224 g/mol. The molecule has 0 spiro atoms. The molecular formula is C15H18N2O. The molecule has 1 aromatic heterocycles. The van der Waals surface area contributed by atoms with Crippen LogP contribution in [0.2, 0.25) is 0 Å². The molecule has 3 nitrogen and oxygen atoms in total.